The summed E-state index contributed by atoms with van der Waals surface area (Å²) in [5, 5.41) is 8.64. The van der Waals surface area contributed by atoms with E-state index in [0.29, 0.717) is 6.10 Å². The Kier molecular flexibility index (Phi) is 5.40. The molecule has 0 bridgehead atoms. The molecule has 0 spiro atoms. The maximum atomic E-state index is 8.64. The molecule has 0 aromatic rings. The predicted octanol–water partition coefficient (Wildman–Crippen LogP) is 2.35. The topological polar surface area (TPSA) is 29.5 Å². The van der Waals surface area contributed by atoms with E-state index in [-0.39, 0.29) is 6.61 Å². The molecule has 2 unspecified atom stereocenters. The Hall–Kier alpha value is -0.0800. The average Bonchev–Trinajstić information content (AvgIpc) is 2.19. The molecule has 78 valence electrons. The lowest BCUT2D eigenvalue weighted by Crippen LogP contribution is -2.27. The fourth-order valence-electron chi connectivity index (χ4n) is 2.16. The van der Waals surface area contributed by atoms with E-state index in [4.69, 9.17) is 9.84 Å². The van der Waals surface area contributed by atoms with E-state index in [2.05, 4.69) is 6.92 Å². The quantitative estimate of drug-likeness (QED) is 0.668. The van der Waals surface area contributed by atoms with Crippen molar-refractivity contribution in [3.63, 3.8) is 0 Å². The van der Waals surface area contributed by atoms with Gasteiger partial charge in [0, 0.05) is 13.2 Å². The lowest BCUT2D eigenvalue weighted by atomic mass is 9.85. The third-order valence-corrected chi connectivity index (χ3v) is 3.00. The van der Waals surface area contributed by atoms with Crippen LogP contribution < -0.4 is 0 Å². The number of hydrogen-bond donors (Lipinski definition) is 1. The van der Waals surface area contributed by atoms with E-state index < -0.39 is 0 Å². The molecular formula is C11H22O2. The molecule has 1 rings (SSSR count). The third-order valence-electron chi connectivity index (χ3n) is 3.00. The monoisotopic (exact) mass is 186 g/mol. The van der Waals surface area contributed by atoms with Gasteiger partial charge in [0.25, 0.3) is 0 Å². The second-order valence-corrected chi connectivity index (χ2v) is 3.94. The van der Waals surface area contributed by atoms with E-state index >= 15 is 0 Å². The molecular weight excluding hydrogens is 164 g/mol. The van der Waals surface area contributed by atoms with Crippen LogP contribution in [0.1, 0.15) is 45.4 Å². The molecule has 2 nitrogen and oxygen atoms in total. The van der Waals surface area contributed by atoms with E-state index in [9.17, 15) is 0 Å². The fourth-order valence-corrected chi connectivity index (χ4v) is 2.16. The van der Waals surface area contributed by atoms with Gasteiger partial charge in [-0.15, -0.1) is 0 Å². The van der Waals surface area contributed by atoms with Gasteiger partial charge in [0.1, 0.15) is 0 Å². The minimum absolute atomic E-state index is 0.253. The highest BCUT2D eigenvalue weighted by molar-refractivity contribution is 4.74. The molecule has 0 saturated heterocycles. The van der Waals surface area contributed by atoms with E-state index in [1.807, 2.05) is 0 Å². The van der Waals surface area contributed by atoms with E-state index in [1.165, 1.54) is 32.1 Å². The van der Waals surface area contributed by atoms with Gasteiger partial charge in [0.2, 0.25) is 0 Å². The number of aliphatic hydroxyl groups is 1. The van der Waals surface area contributed by atoms with Crippen LogP contribution in [-0.4, -0.2) is 24.4 Å². The molecule has 1 fully saturated rings. The molecule has 0 aliphatic heterocycles. The van der Waals surface area contributed by atoms with Crippen molar-refractivity contribution in [3.8, 4) is 0 Å². The van der Waals surface area contributed by atoms with Crippen LogP contribution >= 0.6 is 0 Å². The zero-order valence-corrected chi connectivity index (χ0v) is 8.67. The highest BCUT2D eigenvalue weighted by Gasteiger charge is 2.23. The second-order valence-electron chi connectivity index (χ2n) is 3.94. The maximum absolute atomic E-state index is 8.64. The highest BCUT2D eigenvalue weighted by Crippen LogP contribution is 2.28. The Morgan fingerprint density at radius 2 is 2.08 bits per heavy atom. The Morgan fingerprint density at radius 3 is 2.77 bits per heavy atom. The second kappa shape index (κ2) is 6.39. The molecule has 0 aromatic carbocycles. The van der Waals surface area contributed by atoms with Crippen molar-refractivity contribution in [2.24, 2.45) is 5.92 Å². The van der Waals surface area contributed by atoms with Crippen molar-refractivity contribution in [1.82, 2.24) is 0 Å². The SMILES string of the molecule is CCC1CCCCC1OCCCO. The van der Waals surface area contributed by atoms with Crippen molar-refractivity contribution < 1.29 is 9.84 Å². The summed E-state index contributed by atoms with van der Waals surface area (Å²) in [6.07, 6.45) is 7.75. The number of ether oxygens (including phenoxy) is 1. The van der Waals surface area contributed by atoms with Gasteiger partial charge >= 0.3 is 0 Å². The van der Waals surface area contributed by atoms with Gasteiger partial charge in [-0.05, 0) is 25.2 Å². The average molecular weight is 186 g/mol. The Balaban J connectivity index is 2.19. The molecule has 1 saturated carbocycles. The first-order chi connectivity index (χ1) is 6.38. The van der Waals surface area contributed by atoms with Gasteiger partial charge in [-0.2, -0.15) is 0 Å². The van der Waals surface area contributed by atoms with Crippen LogP contribution in [0.5, 0.6) is 0 Å². The summed E-state index contributed by atoms with van der Waals surface area (Å²) in [6, 6.07) is 0. The summed E-state index contributed by atoms with van der Waals surface area (Å²) in [6.45, 7) is 3.24. The van der Waals surface area contributed by atoms with Crippen LogP contribution in [0.3, 0.4) is 0 Å². The Bertz CT molecular complexity index is 125. The van der Waals surface area contributed by atoms with Gasteiger partial charge in [0.15, 0.2) is 0 Å². The molecule has 0 heterocycles. The molecule has 2 heteroatoms. The van der Waals surface area contributed by atoms with Gasteiger partial charge < -0.3 is 9.84 Å². The van der Waals surface area contributed by atoms with Crippen LogP contribution in [0, 0.1) is 5.92 Å². The first kappa shape index (κ1) is 11.0. The smallest absolute Gasteiger partial charge is 0.0603 e. The van der Waals surface area contributed by atoms with E-state index in [0.717, 1.165) is 18.9 Å². The maximum Gasteiger partial charge on any atom is 0.0603 e. The van der Waals surface area contributed by atoms with Crippen molar-refractivity contribution >= 4 is 0 Å². The minimum Gasteiger partial charge on any atom is -0.396 e. The van der Waals surface area contributed by atoms with Gasteiger partial charge in [-0.1, -0.05) is 26.2 Å². The lowest BCUT2D eigenvalue weighted by molar-refractivity contribution is -0.0166. The van der Waals surface area contributed by atoms with Gasteiger partial charge in [-0.25, -0.2) is 0 Å². The summed E-state index contributed by atoms with van der Waals surface area (Å²) in [7, 11) is 0. The molecule has 0 radical (unpaired) electrons. The number of aliphatic hydroxyl groups excluding tert-OH is 1. The Labute approximate surface area is 81.3 Å². The molecule has 13 heavy (non-hydrogen) atoms. The lowest BCUT2D eigenvalue weighted by Gasteiger charge is -2.30. The minimum atomic E-state index is 0.253. The fraction of sp³-hybridized carbons (Fsp3) is 1.00. The van der Waals surface area contributed by atoms with Crippen LogP contribution in [-0.2, 0) is 4.74 Å². The van der Waals surface area contributed by atoms with Crippen LogP contribution in [0.15, 0.2) is 0 Å². The highest BCUT2D eigenvalue weighted by atomic mass is 16.5. The summed E-state index contributed by atoms with van der Waals surface area (Å²) in [4.78, 5) is 0. The van der Waals surface area contributed by atoms with Gasteiger partial charge in [-0.3, -0.25) is 0 Å². The van der Waals surface area contributed by atoms with E-state index in [1.54, 1.807) is 0 Å². The standard InChI is InChI=1S/C11H22O2/c1-2-10-6-3-4-7-11(10)13-9-5-8-12/h10-12H,2-9H2,1H3. The molecule has 0 aromatic heterocycles. The largest absolute Gasteiger partial charge is 0.396 e. The third kappa shape index (κ3) is 3.65. The zero-order chi connectivity index (χ0) is 9.52. The first-order valence-corrected chi connectivity index (χ1v) is 5.61. The van der Waals surface area contributed by atoms with Crippen LogP contribution in [0.2, 0.25) is 0 Å². The number of rotatable bonds is 5. The first-order valence-electron chi connectivity index (χ1n) is 5.61. The van der Waals surface area contributed by atoms with Crippen molar-refractivity contribution in [3.05, 3.63) is 0 Å². The summed E-state index contributed by atoms with van der Waals surface area (Å²) in [5.41, 5.74) is 0. The molecule has 1 aliphatic rings. The molecule has 2 atom stereocenters. The van der Waals surface area contributed by atoms with Crippen LogP contribution in [0.25, 0.3) is 0 Å². The van der Waals surface area contributed by atoms with Gasteiger partial charge in [0.05, 0.1) is 6.10 Å². The molecule has 1 aliphatic carbocycles. The van der Waals surface area contributed by atoms with Crippen molar-refractivity contribution in [2.75, 3.05) is 13.2 Å². The number of hydrogen-bond acceptors (Lipinski definition) is 2. The summed E-state index contributed by atoms with van der Waals surface area (Å²) >= 11 is 0. The Morgan fingerprint density at radius 1 is 1.31 bits per heavy atom. The predicted molar refractivity (Wildman–Crippen MR) is 53.7 cm³/mol. The normalized spacial score (nSPS) is 29.1. The molecule has 0 amide bonds. The van der Waals surface area contributed by atoms with Crippen LogP contribution in [0.4, 0.5) is 0 Å². The zero-order valence-electron chi connectivity index (χ0n) is 8.67. The molecule has 1 N–H and O–H groups in total. The summed E-state index contributed by atoms with van der Waals surface area (Å²) in [5.74, 6) is 0.771. The summed E-state index contributed by atoms with van der Waals surface area (Å²) < 4.78 is 5.77. The van der Waals surface area contributed by atoms with Crippen molar-refractivity contribution in [1.29, 1.82) is 0 Å². The van der Waals surface area contributed by atoms with Crippen molar-refractivity contribution in [2.45, 2.75) is 51.6 Å².